The topological polar surface area (TPSA) is 74.6 Å². The molecule has 2 N–H and O–H groups in total. The molecule has 0 aromatic carbocycles. The van der Waals surface area contributed by atoms with Gasteiger partial charge in [0.15, 0.2) is 0 Å². The van der Waals surface area contributed by atoms with Gasteiger partial charge in [-0.3, -0.25) is 0 Å². The number of rotatable bonds is 30. The van der Waals surface area contributed by atoms with Crippen molar-refractivity contribution in [3.8, 4) is 0 Å². The predicted octanol–water partition coefficient (Wildman–Crippen LogP) is 10.7. The Balaban J connectivity index is 4.57. The molecule has 0 atom stereocenters. The molecule has 0 saturated heterocycles. The van der Waals surface area contributed by atoms with Gasteiger partial charge in [0.25, 0.3) is 0 Å². The molecule has 0 radical (unpaired) electrons. The first-order chi connectivity index (χ1) is 18.0. The number of hydrogen-bond donors (Lipinski definition) is 2. The summed E-state index contributed by atoms with van der Waals surface area (Å²) in [4.78, 5) is 22.4. The second-order valence-corrected chi connectivity index (χ2v) is 37.4. The van der Waals surface area contributed by atoms with Crippen molar-refractivity contribution in [2.75, 3.05) is 11.5 Å². The second kappa shape index (κ2) is 28.0. The quantitative estimate of drug-likeness (QED) is 0.0587. The molecule has 0 aliphatic rings. The number of unbranched alkanes of at least 4 members (excludes halogenated alkanes) is 18. The van der Waals surface area contributed by atoms with E-state index in [1.807, 2.05) is 17.9 Å². The van der Waals surface area contributed by atoms with Crippen molar-refractivity contribution in [2.24, 2.45) is 0 Å². The van der Waals surface area contributed by atoms with Gasteiger partial charge in [-0.1, -0.05) is 0 Å². The van der Waals surface area contributed by atoms with Gasteiger partial charge in [0, 0.05) is 0 Å². The molecule has 0 amide bonds. The summed E-state index contributed by atoms with van der Waals surface area (Å²) >= 11 is -2.71. The summed E-state index contributed by atoms with van der Waals surface area (Å²) in [5.41, 5.74) is 0. The van der Waals surface area contributed by atoms with E-state index in [9.17, 15) is 19.8 Å². The van der Waals surface area contributed by atoms with Gasteiger partial charge in [-0.05, 0) is 0 Å². The van der Waals surface area contributed by atoms with Crippen LogP contribution < -0.4 is 0 Å². The van der Waals surface area contributed by atoms with Gasteiger partial charge in [0.05, 0.1) is 0 Å². The maximum absolute atomic E-state index is 11.2. The molecule has 0 spiro atoms. The van der Waals surface area contributed by atoms with Crippen molar-refractivity contribution in [3.05, 3.63) is 0 Å². The molecule has 0 saturated carbocycles. The van der Waals surface area contributed by atoms with E-state index in [0.717, 1.165) is 0 Å². The summed E-state index contributed by atoms with van der Waals surface area (Å²) < 4.78 is 2.55. The molecular formula is C30H60O4S2Sn. The average molecular weight is 668 g/mol. The molecule has 0 fully saturated rings. The number of carbonyl (C=O) groups is 2. The molecule has 4 nitrogen and oxygen atoms in total. The van der Waals surface area contributed by atoms with Crippen molar-refractivity contribution in [1.82, 2.24) is 0 Å². The molecule has 220 valence electrons. The fraction of sp³-hybridized carbons (Fsp3) is 0.933. The predicted molar refractivity (Wildman–Crippen MR) is 168 cm³/mol. The van der Waals surface area contributed by atoms with Gasteiger partial charge in [0.2, 0.25) is 0 Å². The molecule has 0 bridgehead atoms. The van der Waals surface area contributed by atoms with Crippen molar-refractivity contribution >= 4 is 45.4 Å². The van der Waals surface area contributed by atoms with E-state index in [1.54, 1.807) is 0 Å². The van der Waals surface area contributed by atoms with Crippen LogP contribution in [0.2, 0.25) is 8.87 Å². The van der Waals surface area contributed by atoms with Crippen LogP contribution in [0.3, 0.4) is 0 Å². The zero-order valence-corrected chi connectivity index (χ0v) is 28.9. The Bertz CT molecular complexity index is 488. The summed E-state index contributed by atoms with van der Waals surface area (Å²) in [6, 6.07) is 0. The van der Waals surface area contributed by atoms with E-state index in [0.29, 0.717) is 11.5 Å². The minimum atomic E-state index is -2.71. The van der Waals surface area contributed by atoms with Crippen molar-refractivity contribution in [2.45, 2.75) is 164 Å². The SMILES string of the molecule is CCCCCCCCCCC[CH2][Sn]([CH2]CCCCCCCCCCC)([S]CCC(=O)O)[S]CCC(=O)O. The molecule has 0 aromatic heterocycles. The third-order valence-electron chi connectivity index (χ3n) is 7.18. The monoisotopic (exact) mass is 668 g/mol. The zero-order valence-electron chi connectivity index (χ0n) is 24.4. The van der Waals surface area contributed by atoms with Gasteiger partial charge < -0.3 is 0 Å². The van der Waals surface area contributed by atoms with Crippen LogP contribution >= 0.6 is 17.9 Å². The Hall–Kier alpha value is 0.439. The van der Waals surface area contributed by atoms with Crippen molar-refractivity contribution < 1.29 is 19.8 Å². The Morgan fingerprint density at radius 3 is 1.03 bits per heavy atom. The standard InChI is InChI=1S/2C12H25.2C3H6O2S.Sn/c2*1-3-5-7-9-11-12-10-8-6-4-2;2*4-3(5)1-2-6;/h2*1,3-12H2,2H3;2*6H,1-2H2,(H,4,5);/q;;;;+2/p-2. The normalized spacial score (nSPS) is 11.7. The van der Waals surface area contributed by atoms with Crippen LogP contribution in [0.25, 0.3) is 0 Å². The van der Waals surface area contributed by atoms with Gasteiger partial charge in [-0.15, -0.1) is 0 Å². The molecule has 0 heterocycles. The van der Waals surface area contributed by atoms with E-state index >= 15 is 0 Å². The van der Waals surface area contributed by atoms with E-state index < -0.39 is 27.5 Å². The Morgan fingerprint density at radius 2 is 0.757 bits per heavy atom. The van der Waals surface area contributed by atoms with Crippen LogP contribution in [0.5, 0.6) is 0 Å². The third kappa shape index (κ3) is 26.4. The van der Waals surface area contributed by atoms with E-state index in [4.69, 9.17) is 0 Å². The molecule has 0 unspecified atom stereocenters. The fourth-order valence-electron chi connectivity index (χ4n) is 4.87. The van der Waals surface area contributed by atoms with E-state index in [1.165, 1.54) is 137 Å². The van der Waals surface area contributed by atoms with Crippen LogP contribution in [0.15, 0.2) is 0 Å². The van der Waals surface area contributed by atoms with Crippen LogP contribution in [0.1, 0.15) is 155 Å². The minimum absolute atomic E-state index is 0.235. The summed E-state index contributed by atoms with van der Waals surface area (Å²) in [5.74, 6) is 0.00403. The van der Waals surface area contributed by atoms with E-state index in [-0.39, 0.29) is 12.8 Å². The Labute approximate surface area is 239 Å². The molecule has 0 aromatic rings. The maximum atomic E-state index is 11.2. The molecular weight excluding hydrogens is 607 g/mol. The Kier molecular flexibility index (Phi) is 28.3. The first-order valence-electron chi connectivity index (χ1n) is 15.7. The molecule has 0 rings (SSSR count). The Morgan fingerprint density at radius 1 is 0.486 bits per heavy atom. The van der Waals surface area contributed by atoms with Crippen LogP contribution in [-0.4, -0.2) is 49.3 Å². The first kappa shape index (κ1) is 37.4. The third-order valence-corrected chi connectivity index (χ3v) is 38.1. The van der Waals surface area contributed by atoms with Gasteiger partial charge in [-0.2, -0.15) is 0 Å². The van der Waals surface area contributed by atoms with E-state index in [2.05, 4.69) is 13.8 Å². The summed E-state index contributed by atoms with van der Waals surface area (Å²) in [5, 5.41) is 18.4. The zero-order chi connectivity index (χ0) is 27.5. The summed E-state index contributed by atoms with van der Waals surface area (Å²) in [6.45, 7) is 4.53. The second-order valence-electron chi connectivity index (χ2n) is 10.8. The number of carboxylic acid groups (broad SMARTS) is 2. The van der Waals surface area contributed by atoms with Gasteiger partial charge in [0.1, 0.15) is 0 Å². The van der Waals surface area contributed by atoms with Crippen LogP contribution in [-0.2, 0) is 9.59 Å². The van der Waals surface area contributed by atoms with Gasteiger partial charge >= 0.3 is 241 Å². The number of hydrogen-bond acceptors (Lipinski definition) is 4. The molecule has 7 heteroatoms. The fourth-order valence-corrected chi connectivity index (χ4v) is 34.7. The van der Waals surface area contributed by atoms with Gasteiger partial charge in [-0.25, -0.2) is 0 Å². The summed E-state index contributed by atoms with van der Waals surface area (Å²) in [6.07, 6.45) is 27.2. The summed E-state index contributed by atoms with van der Waals surface area (Å²) in [7, 11) is 4.01. The van der Waals surface area contributed by atoms with Crippen molar-refractivity contribution in [3.63, 3.8) is 0 Å². The molecule has 0 aliphatic carbocycles. The van der Waals surface area contributed by atoms with Crippen LogP contribution in [0, 0.1) is 0 Å². The average Bonchev–Trinajstić information content (AvgIpc) is 2.86. The van der Waals surface area contributed by atoms with Crippen LogP contribution in [0.4, 0.5) is 0 Å². The number of carboxylic acids is 2. The molecule has 37 heavy (non-hydrogen) atoms. The molecule has 0 aliphatic heterocycles. The first-order valence-corrected chi connectivity index (χ1v) is 28.7. The number of aliphatic carboxylic acids is 2. The van der Waals surface area contributed by atoms with Crippen molar-refractivity contribution in [1.29, 1.82) is 0 Å².